The van der Waals surface area contributed by atoms with Crippen molar-refractivity contribution in [1.29, 1.82) is 0 Å². The summed E-state index contributed by atoms with van der Waals surface area (Å²) in [6.45, 7) is 5.73. The second kappa shape index (κ2) is 5.45. The van der Waals surface area contributed by atoms with E-state index in [2.05, 4.69) is 6.58 Å². The van der Waals surface area contributed by atoms with Gasteiger partial charge in [-0.15, -0.1) is 6.58 Å². The standard InChI is InChI=1S/C8H16O2/c1-4-5-8(10-3)7(2)6-9/h4,7-9H,1,5-6H2,2-3H3. The van der Waals surface area contributed by atoms with Crippen molar-refractivity contribution in [2.24, 2.45) is 5.92 Å². The molecule has 0 aromatic carbocycles. The minimum atomic E-state index is 0.113. The van der Waals surface area contributed by atoms with Crippen LogP contribution in [0.2, 0.25) is 0 Å². The Morgan fingerprint density at radius 1 is 1.70 bits per heavy atom. The highest BCUT2D eigenvalue weighted by atomic mass is 16.5. The van der Waals surface area contributed by atoms with Gasteiger partial charge in [-0.3, -0.25) is 0 Å². The van der Waals surface area contributed by atoms with Crippen LogP contribution in [-0.4, -0.2) is 24.9 Å². The van der Waals surface area contributed by atoms with Crippen LogP contribution in [0.25, 0.3) is 0 Å². The van der Waals surface area contributed by atoms with E-state index in [9.17, 15) is 0 Å². The lowest BCUT2D eigenvalue weighted by molar-refractivity contribution is 0.0362. The Morgan fingerprint density at radius 2 is 2.30 bits per heavy atom. The maximum Gasteiger partial charge on any atom is 0.0653 e. The van der Waals surface area contributed by atoms with Gasteiger partial charge in [-0.05, 0) is 6.42 Å². The van der Waals surface area contributed by atoms with Crippen LogP contribution in [0.4, 0.5) is 0 Å². The van der Waals surface area contributed by atoms with Gasteiger partial charge in [0, 0.05) is 19.6 Å². The summed E-state index contributed by atoms with van der Waals surface area (Å²) in [7, 11) is 1.65. The largest absolute Gasteiger partial charge is 0.396 e. The van der Waals surface area contributed by atoms with Crippen molar-refractivity contribution >= 4 is 0 Å². The lowest BCUT2D eigenvalue weighted by atomic mass is 10.0. The van der Waals surface area contributed by atoms with E-state index in [0.29, 0.717) is 0 Å². The number of aliphatic hydroxyl groups is 1. The molecule has 60 valence electrons. The Balaban J connectivity index is 3.67. The SMILES string of the molecule is C=CCC(OC)C(C)CO. The van der Waals surface area contributed by atoms with Gasteiger partial charge in [-0.2, -0.15) is 0 Å². The average Bonchev–Trinajstić information content (AvgIpc) is 1.99. The van der Waals surface area contributed by atoms with Gasteiger partial charge < -0.3 is 9.84 Å². The molecule has 0 saturated heterocycles. The van der Waals surface area contributed by atoms with Crippen LogP contribution in [0, 0.1) is 5.92 Å². The van der Waals surface area contributed by atoms with E-state index >= 15 is 0 Å². The number of hydrogen-bond donors (Lipinski definition) is 1. The predicted molar refractivity (Wildman–Crippen MR) is 41.9 cm³/mol. The van der Waals surface area contributed by atoms with Crippen molar-refractivity contribution < 1.29 is 9.84 Å². The Hall–Kier alpha value is -0.340. The molecule has 0 amide bonds. The molecule has 0 radical (unpaired) electrons. The van der Waals surface area contributed by atoms with Crippen LogP contribution in [0.1, 0.15) is 13.3 Å². The molecule has 0 spiro atoms. The number of rotatable bonds is 5. The highest BCUT2D eigenvalue weighted by Crippen LogP contribution is 2.09. The van der Waals surface area contributed by atoms with Crippen molar-refractivity contribution in [1.82, 2.24) is 0 Å². The summed E-state index contributed by atoms with van der Waals surface area (Å²) in [5, 5.41) is 8.75. The summed E-state index contributed by atoms with van der Waals surface area (Å²) in [4.78, 5) is 0. The smallest absolute Gasteiger partial charge is 0.0653 e. The molecule has 1 N–H and O–H groups in total. The highest BCUT2D eigenvalue weighted by Gasteiger charge is 2.12. The van der Waals surface area contributed by atoms with Gasteiger partial charge in [-0.1, -0.05) is 13.0 Å². The molecular formula is C8H16O2. The summed E-state index contributed by atoms with van der Waals surface area (Å²) in [6, 6.07) is 0. The minimum absolute atomic E-state index is 0.113. The van der Waals surface area contributed by atoms with Crippen LogP contribution in [0.15, 0.2) is 12.7 Å². The van der Waals surface area contributed by atoms with Crippen LogP contribution in [0.5, 0.6) is 0 Å². The van der Waals surface area contributed by atoms with Gasteiger partial charge in [0.2, 0.25) is 0 Å². The molecule has 0 aliphatic heterocycles. The van der Waals surface area contributed by atoms with Gasteiger partial charge in [0.25, 0.3) is 0 Å². The fourth-order valence-corrected chi connectivity index (χ4v) is 0.843. The maximum absolute atomic E-state index is 8.75. The van der Waals surface area contributed by atoms with Crippen LogP contribution < -0.4 is 0 Å². The van der Waals surface area contributed by atoms with Crippen LogP contribution >= 0.6 is 0 Å². The zero-order valence-electron chi connectivity index (χ0n) is 6.71. The van der Waals surface area contributed by atoms with E-state index in [1.807, 2.05) is 6.92 Å². The molecule has 0 aromatic rings. The van der Waals surface area contributed by atoms with E-state index in [-0.39, 0.29) is 18.6 Å². The summed E-state index contributed by atoms with van der Waals surface area (Å²) < 4.78 is 5.11. The van der Waals surface area contributed by atoms with Crippen molar-refractivity contribution in [3.05, 3.63) is 12.7 Å². The molecule has 0 aromatic heterocycles. The Labute approximate surface area is 62.5 Å². The van der Waals surface area contributed by atoms with Gasteiger partial charge in [0.15, 0.2) is 0 Å². The molecule has 0 fully saturated rings. The molecule has 10 heavy (non-hydrogen) atoms. The number of hydrogen-bond acceptors (Lipinski definition) is 2. The number of methoxy groups -OCH3 is 1. The predicted octanol–water partition coefficient (Wildman–Crippen LogP) is 1.21. The summed E-state index contributed by atoms with van der Waals surface area (Å²) in [5.74, 6) is 0.197. The van der Waals surface area contributed by atoms with E-state index in [1.54, 1.807) is 13.2 Å². The molecule has 2 heteroatoms. The topological polar surface area (TPSA) is 29.5 Å². The van der Waals surface area contributed by atoms with Crippen molar-refractivity contribution in [2.75, 3.05) is 13.7 Å². The van der Waals surface area contributed by atoms with E-state index in [1.165, 1.54) is 0 Å². The normalized spacial score (nSPS) is 16.3. The van der Waals surface area contributed by atoms with Gasteiger partial charge in [0.05, 0.1) is 6.10 Å². The molecule has 0 heterocycles. The Bertz CT molecular complexity index is 91.3. The molecule has 2 nitrogen and oxygen atoms in total. The van der Waals surface area contributed by atoms with Gasteiger partial charge >= 0.3 is 0 Å². The fraction of sp³-hybridized carbons (Fsp3) is 0.750. The van der Waals surface area contributed by atoms with Crippen molar-refractivity contribution in [2.45, 2.75) is 19.4 Å². The zero-order chi connectivity index (χ0) is 7.98. The minimum Gasteiger partial charge on any atom is -0.396 e. The molecule has 2 atom stereocenters. The second-order valence-corrected chi connectivity index (χ2v) is 2.46. The van der Waals surface area contributed by atoms with E-state index in [4.69, 9.17) is 9.84 Å². The first-order chi connectivity index (χ1) is 4.76. The fourth-order valence-electron chi connectivity index (χ4n) is 0.843. The summed E-state index contributed by atoms with van der Waals surface area (Å²) in [6.07, 6.45) is 2.72. The maximum atomic E-state index is 8.75. The number of aliphatic hydroxyl groups excluding tert-OH is 1. The lowest BCUT2D eigenvalue weighted by Gasteiger charge is -2.18. The molecule has 0 saturated carbocycles. The first kappa shape index (κ1) is 9.66. The third-order valence-electron chi connectivity index (χ3n) is 1.62. The van der Waals surface area contributed by atoms with Gasteiger partial charge in [-0.25, -0.2) is 0 Å². The summed E-state index contributed by atoms with van der Waals surface area (Å²) in [5.41, 5.74) is 0. The molecule has 0 aliphatic rings. The van der Waals surface area contributed by atoms with E-state index in [0.717, 1.165) is 6.42 Å². The molecular weight excluding hydrogens is 128 g/mol. The highest BCUT2D eigenvalue weighted by molar-refractivity contribution is 4.76. The first-order valence-electron chi connectivity index (χ1n) is 3.50. The van der Waals surface area contributed by atoms with Crippen molar-refractivity contribution in [3.63, 3.8) is 0 Å². The zero-order valence-corrected chi connectivity index (χ0v) is 6.71. The second-order valence-electron chi connectivity index (χ2n) is 2.46. The first-order valence-corrected chi connectivity index (χ1v) is 3.50. The van der Waals surface area contributed by atoms with E-state index < -0.39 is 0 Å². The molecule has 0 bridgehead atoms. The Morgan fingerprint density at radius 3 is 2.60 bits per heavy atom. The summed E-state index contributed by atoms with van der Waals surface area (Å²) >= 11 is 0. The third-order valence-corrected chi connectivity index (χ3v) is 1.62. The monoisotopic (exact) mass is 144 g/mol. The lowest BCUT2D eigenvalue weighted by Crippen LogP contribution is -2.22. The van der Waals surface area contributed by atoms with Gasteiger partial charge in [0.1, 0.15) is 0 Å². The Kier molecular flexibility index (Phi) is 5.26. The quantitative estimate of drug-likeness (QED) is 0.588. The van der Waals surface area contributed by atoms with Crippen LogP contribution in [0.3, 0.4) is 0 Å². The van der Waals surface area contributed by atoms with Crippen molar-refractivity contribution in [3.8, 4) is 0 Å². The van der Waals surface area contributed by atoms with Crippen LogP contribution in [-0.2, 0) is 4.74 Å². The molecule has 2 unspecified atom stereocenters. The third kappa shape index (κ3) is 2.99. The average molecular weight is 144 g/mol. The number of ether oxygens (including phenoxy) is 1. The molecule has 0 rings (SSSR count). The molecule has 0 aliphatic carbocycles.